The van der Waals surface area contributed by atoms with Gasteiger partial charge in [0, 0.05) is 63.4 Å². The monoisotopic (exact) mass is 443 g/mol. The van der Waals surface area contributed by atoms with Gasteiger partial charge in [0.25, 0.3) is 5.69 Å². The van der Waals surface area contributed by atoms with Crippen molar-refractivity contribution in [3.05, 3.63) is 75.6 Å². The van der Waals surface area contributed by atoms with E-state index in [9.17, 15) is 19.3 Å². The van der Waals surface area contributed by atoms with Crippen molar-refractivity contribution in [3.63, 3.8) is 0 Å². The first-order valence-corrected chi connectivity index (χ1v) is 8.98. The van der Waals surface area contributed by atoms with Gasteiger partial charge in [-0.15, -0.1) is 24.8 Å². The van der Waals surface area contributed by atoms with Gasteiger partial charge in [-0.3, -0.25) is 19.8 Å². The lowest BCUT2D eigenvalue weighted by Gasteiger charge is -2.34. The smallest absolute Gasteiger partial charge is 0.269 e. The number of nitrogens with zero attached hydrogens (tertiary/aromatic N) is 3. The Balaban J connectivity index is 0.00000210. The fourth-order valence-corrected chi connectivity index (χ4v) is 3.24. The van der Waals surface area contributed by atoms with Gasteiger partial charge in [0.15, 0.2) is 5.78 Å². The molecule has 0 aromatic heterocycles. The minimum atomic E-state index is -0.475. The molecular formula is C20H24Cl2FN3O3. The number of nitro benzene ring substituents is 1. The van der Waals surface area contributed by atoms with E-state index in [4.69, 9.17) is 0 Å². The molecule has 0 bridgehead atoms. The van der Waals surface area contributed by atoms with Crippen molar-refractivity contribution in [2.75, 3.05) is 32.7 Å². The van der Waals surface area contributed by atoms with E-state index in [1.54, 1.807) is 12.1 Å². The van der Waals surface area contributed by atoms with Gasteiger partial charge in [0.1, 0.15) is 5.82 Å². The van der Waals surface area contributed by atoms with Crippen LogP contribution in [0.2, 0.25) is 0 Å². The summed E-state index contributed by atoms with van der Waals surface area (Å²) >= 11 is 0. The molecule has 2 aromatic rings. The van der Waals surface area contributed by atoms with Gasteiger partial charge < -0.3 is 4.90 Å². The summed E-state index contributed by atoms with van der Waals surface area (Å²) < 4.78 is 13.3. The van der Waals surface area contributed by atoms with E-state index in [0.717, 1.165) is 38.3 Å². The number of rotatable bonds is 7. The van der Waals surface area contributed by atoms with Crippen molar-refractivity contribution in [1.82, 2.24) is 9.80 Å². The molecule has 9 heteroatoms. The van der Waals surface area contributed by atoms with Crippen molar-refractivity contribution in [1.29, 1.82) is 0 Å². The predicted octanol–water partition coefficient (Wildman–Crippen LogP) is 3.97. The number of ketones is 1. The maximum absolute atomic E-state index is 13.3. The molecule has 0 unspecified atom stereocenters. The fraction of sp³-hybridized carbons (Fsp3) is 0.350. The van der Waals surface area contributed by atoms with E-state index < -0.39 is 4.92 Å². The Morgan fingerprint density at radius 2 is 1.62 bits per heavy atom. The lowest BCUT2D eigenvalue weighted by atomic mass is 10.1. The fourth-order valence-electron chi connectivity index (χ4n) is 3.24. The van der Waals surface area contributed by atoms with Gasteiger partial charge in [0.2, 0.25) is 0 Å². The number of halogens is 3. The van der Waals surface area contributed by atoms with E-state index in [2.05, 4.69) is 9.80 Å². The molecule has 6 nitrogen and oxygen atoms in total. The van der Waals surface area contributed by atoms with Crippen LogP contribution in [0, 0.1) is 15.9 Å². The largest absolute Gasteiger partial charge is 0.300 e. The minimum absolute atomic E-state index is 0. The topological polar surface area (TPSA) is 66.7 Å². The Morgan fingerprint density at radius 3 is 2.21 bits per heavy atom. The molecular weight excluding hydrogens is 420 g/mol. The van der Waals surface area contributed by atoms with Crippen molar-refractivity contribution in [3.8, 4) is 0 Å². The van der Waals surface area contributed by atoms with Crippen LogP contribution in [0.4, 0.5) is 10.1 Å². The highest BCUT2D eigenvalue weighted by atomic mass is 35.5. The maximum atomic E-state index is 13.3. The Hall–Kier alpha value is -2.06. The van der Waals surface area contributed by atoms with Gasteiger partial charge in [-0.25, -0.2) is 4.39 Å². The first-order valence-electron chi connectivity index (χ1n) is 8.98. The molecule has 1 fully saturated rings. The molecule has 0 atom stereocenters. The van der Waals surface area contributed by atoms with Gasteiger partial charge in [-0.1, -0.05) is 12.1 Å². The summed E-state index contributed by atoms with van der Waals surface area (Å²) in [6, 6.07) is 12.4. The Morgan fingerprint density at radius 1 is 1.00 bits per heavy atom. The van der Waals surface area contributed by atoms with Crippen molar-refractivity contribution >= 4 is 36.3 Å². The summed E-state index contributed by atoms with van der Waals surface area (Å²) in [6.45, 7) is 4.88. The molecule has 0 aliphatic carbocycles. The Bertz CT molecular complexity index is 813. The summed E-state index contributed by atoms with van der Waals surface area (Å²) in [4.78, 5) is 27.0. The van der Waals surface area contributed by atoms with Crippen LogP contribution in [-0.2, 0) is 6.54 Å². The molecule has 3 rings (SSSR count). The molecule has 1 aliphatic rings. The normalized spacial score (nSPS) is 14.5. The molecule has 0 saturated carbocycles. The third kappa shape index (κ3) is 7.36. The molecule has 1 saturated heterocycles. The number of benzene rings is 2. The third-order valence-corrected chi connectivity index (χ3v) is 4.82. The van der Waals surface area contributed by atoms with Crippen LogP contribution in [0.25, 0.3) is 0 Å². The molecule has 0 amide bonds. The van der Waals surface area contributed by atoms with Crippen LogP contribution in [0.1, 0.15) is 22.3 Å². The van der Waals surface area contributed by atoms with Gasteiger partial charge in [-0.2, -0.15) is 0 Å². The average Bonchev–Trinajstić information content (AvgIpc) is 2.67. The van der Waals surface area contributed by atoms with E-state index in [1.165, 1.54) is 30.3 Å². The second-order valence-corrected chi connectivity index (χ2v) is 6.72. The van der Waals surface area contributed by atoms with Crippen molar-refractivity contribution in [2.24, 2.45) is 0 Å². The summed E-state index contributed by atoms with van der Waals surface area (Å²) in [5.74, 6) is -0.219. The zero-order valence-corrected chi connectivity index (χ0v) is 17.5. The van der Waals surface area contributed by atoms with Gasteiger partial charge >= 0.3 is 0 Å². The molecule has 0 N–H and O–H groups in total. The number of non-ortho nitro benzene ring substituents is 1. The lowest BCUT2D eigenvalue weighted by Crippen LogP contribution is -2.46. The quantitative estimate of drug-likeness (QED) is 0.367. The second-order valence-electron chi connectivity index (χ2n) is 6.72. The predicted molar refractivity (Wildman–Crippen MR) is 115 cm³/mol. The van der Waals surface area contributed by atoms with Crippen LogP contribution in [0.5, 0.6) is 0 Å². The minimum Gasteiger partial charge on any atom is -0.300 e. The molecule has 158 valence electrons. The number of carbonyl (C=O) groups excluding carboxylic acids is 1. The molecule has 1 heterocycles. The van der Waals surface area contributed by atoms with Gasteiger partial charge in [-0.05, 0) is 29.8 Å². The third-order valence-electron chi connectivity index (χ3n) is 4.82. The first-order chi connectivity index (χ1) is 13.0. The summed E-state index contributed by atoms with van der Waals surface area (Å²) in [5.41, 5.74) is 1.46. The van der Waals surface area contributed by atoms with E-state index in [1.807, 2.05) is 6.07 Å². The Labute approximate surface area is 181 Å². The van der Waals surface area contributed by atoms with Gasteiger partial charge in [0.05, 0.1) is 4.92 Å². The SMILES string of the molecule is Cl.Cl.O=C(CCN1CCN(Cc2cccc(F)c2)CC1)c1ccc([N+](=O)[O-])cc1. The molecule has 0 radical (unpaired) electrons. The molecule has 29 heavy (non-hydrogen) atoms. The summed E-state index contributed by atoms with van der Waals surface area (Å²) in [5, 5.41) is 10.7. The van der Waals surface area contributed by atoms with Crippen LogP contribution in [0.3, 0.4) is 0 Å². The zero-order valence-electron chi connectivity index (χ0n) is 15.8. The van der Waals surface area contributed by atoms with Crippen molar-refractivity contribution in [2.45, 2.75) is 13.0 Å². The second kappa shape index (κ2) is 11.8. The van der Waals surface area contributed by atoms with E-state index >= 15 is 0 Å². The van der Waals surface area contributed by atoms with E-state index in [0.29, 0.717) is 18.5 Å². The number of carbonyl (C=O) groups is 1. The first kappa shape index (κ1) is 25.0. The maximum Gasteiger partial charge on any atom is 0.269 e. The number of hydrogen-bond acceptors (Lipinski definition) is 5. The standard InChI is InChI=1S/C20H22FN3O3.2ClH/c21-18-3-1-2-16(14-18)15-23-12-10-22(11-13-23)9-8-20(25)17-4-6-19(7-5-17)24(26)27;;/h1-7,14H,8-13,15H2;2*1H. The highest BCUT2D eigenvalue weighted by molar-refractivity contribution is 5.96. The molecule has 2 aromatic carbocycles. The summed E-state index contributed by atoms with van der Waals surface area (Å²) in [7, 11) is 0. The number of Topliss-reactive ketones (excluding diaryl/α,β-unsaturated/α-hetero) is 1. The van der Waals surface area contributed by atoms with Crippen LogP contribution in [-0.4, -0.2) is 53.2 Å². The highest BCUT2D eigenvalue weighted by Crippen LogP contribution is 2.14. The number of nitro groups is 1. The van der Waals surface area contributed by atoms with Crippen molar-refractivity contribution < 1.29 is 14.1 Å². The van der Waals surface area contributed by atoms with E-state index in [-0.39, 0.29) is 42.1 Å². The highest BCUT2D eigenvalue weighted by Gasteiger charge is 2.18. The van der Waals surface area contributed by atoms with Crippen LogP contribution >= 0.6 is 24.8 Å². The number of hydrogen-bond donors (Lipinski definition) is 0. The van der Waals surface area contributed by atoms with Crippen LogP contribution < -0.4 is 0 Å². The molecule has 0 spiro atoms. The number of piperazine rings is 1. The lowest BCUT2D eigenvalue weighted by molar-refractivity contribution is -0.384. The zero-order chi connectivity index (χ0) is 19.2. The summed E-state index contributed by atoms with van der Waals surface area (Å²) in [6.07, 6.45) is 0.391. The molecule has 1 aliphatic heterocycles. The Kier molecular flexibility index (Phi) is 10.2. The average molecular weight is 444 g/mol. The van der Waals surface area contributed by atoms with Crippen LogP contribution in [0.15, 0.2) is 48.5 Å².